The number of hydrogen-bond donors (Lipinski definition) is 2. The summed E-state index contributed by atoms with van der Waals surface area (Å²) in [4.78, 5) is 23.3. The van der Waals surface area contributed by atoms with E-state index in [9.17, 15) is 9.90 Å². The average molecular weight is 390 g/mol. The number of rotatable bonds is 5. The number of aromatic amines is 1. The van der Waals surface area contributed by atoms with Crippen LogP contribution in [0.4, 0.5) is 27.8 Å². The molecule has 2 N–H and O–H groups in total. The summed E-state index contributed by atoms with van der Waals surface area (Å²) in [6.07, 6.45) is 2.33. The number of ether oxygens (including phenoxy) is 1. The Kier molecular flexibility index (Phi) is 4.70. The van der Waals surface area contributed by atoms with Crippen LogP contribution in [-0.2, 0) is 0 Å². The minimum absolute atomic E-state index is 0.450. The molecule has 2 aromatic heterocycles. The van der Waals surface area contributed by atoms with E-state index in [0.717, 1.165) is 27.4 Å². The minimum Gasteiger partial charge on any atom is -0.497 e. The van der Waals surface area contributed by atoms with Gasteiger partial charge >= 0.3 is 6.09 Å². The highest BCUT2D eigenvalue weighted by Crippen LogP contribution is 2.34. The van der Waals surface area contributed by atoms with Gasteiger partial charge in [0, 0.05) is 30.3 Å². The van der Waals surface area contributed by atoms with Crippen molar-refractivity contribution in [3.8, 4) is 5.75 Å². The van der Waals surface area contributed by atoms with E-state index in [1.807, 2.05) is 41.3 Å². The number of amides is 1. The number of carbonyl (C=O) groups is 1. The first kappa shape index (κ1) is 18.2. The van der Waals surface area contributed by atoms with Crippen LogP contribution in [-0.4, -0.2) is 45.5 Å². The number of carboxylic acid groups (broad SMARTS) is 1. The van der Waals surface area contributed by atoms with Gasteiger partial charge in [-0.1, -0.05) is 0 Å². The maximum atomic E-state index is 11.2. The molecule has 9 nitrogen and oxygen atoms in total. The van der Waals surface area contributed by atoms with Gasteiger partial charge in [-0.3, -0.25) is 14.9 Å². The molecule has 0 aliphatic heterocycles. The van der Waals surface area contributed by atoms with Crippen molar-refractivity contribution in [3.05, 3.63) is 60.9 Å². The molecule has 0 unspecified atom stereocenters. The number of methoxy groups -OCH3 is 1. The first-order valence-corrected chi connectivity index (χ1v) is 8.74. The van der Waals surface area contributed by atoms with E-state index in [1.54, 1.807) is 31.6 Å². The summed E-state index contributed by atoms with van der Waals surface area (Å²) >= 11 is 0. The summed E-state index contributed by atoms with van der Waals surface area (Å²) in [5.74, 6) is 1.18. The lowest BCUT2D eigenvalue weighted by molar-refractivity contribution is 0.203. The second kappa shape index (κ2) is 7.47. The number of benzene rings is 2. The van der Waals surface area contributed by atoms with Crippen molar-refractivity contribution in [2.24, 2.45) is 0 Å². The fourth-order valence-electron chi connectivity index (χ4n) is 2.88. The number of aromatic nitrogens is 4. The number of nitrogens with one attached hydrogen (secondary N) is 1. The van der Waals surface area contributed by atoms with Gasteiger partial charge < -0.3 is 9.84 Å². The Bertz CT molecular complexity index is 1140. The van der Waals surface area contributed by atoms with Gasteiger partial charge in [0.1, 0.15) is 5.75 Å². The van der Waals surface area contributed by atoms with Crippen LogP contribution in [0.15, 0.2) is 60.9 Å². The fraction of sp³-hybridized carbons (Fsp3) is 0.100. The van der Waals surface area contributed by atoms with Crippen LogP contribution < -0.4 is 14.5 Å². The summed E-state index contributed by atoms with van der Waals surface area (Å²) in [6.45, 7) is 0. The lowest BCUT2D eigenvalue weighted by Crippen LogP contribution is -2.23. The molecule has 1 amide bonds. The number of H-pyrrole nitrogens is 1. The van der Waals surface area contributed by atoms with Crippen LogP contribution in [0.2, 0.25) is 0 Å². The number of nitrogens with zero attached hydrogens (tertiary/aromatic N) is 5. The standard InChI is InChI=1S/C20H18N6O3/c1-25(20(27)28)14-3-5-15(6-4-14)26(16-7-9-17(29-2)10-8-16)19-21-11-13-12-22-24-18(13)23-19/h3-12H,1-2H3,(H,27,28)(H,21,22,23,24). The average Bonchev–Trinajstić information content (AvgIpc) is 3.22. The molecule has 2 heterocycles. The van der Waals surface area contributed by atoms with Crippen molar-refractivity contribution in [3.63, 3.8) is 0 Å². The SMILES string of the molecule is COc1ccc(N(c2ccc(N(C)C(=O)O)cc2)c2ncc3cn[nH]c3n2)cc1. The molecule has 0 bridgehead atoms. The van der Waals surface area contributed by atoms with Crippen LogP contribution in [0.25, 0.3) is 11.0 Å². The van der Waals surface area contributed by atoms with E-state index < -0.39 is 6.09 Å². The van der Waals surface area contributed by atoms with E-state index in [-0.39, 0.29) is 0 Å². The van der Waals surface area contributed by atoms with E-state index >= 15 is 0 Å². The molecule has 0 aliphatic rings. The van der Waals surface area contributed by atoms with E-state index in [1.165, 1.54) is 7.05 Å². The zero-order valence-electron chi connectivity index (χ0n) is 15.8. The molecule has 4 aromatic rings. The second-order valence-electron chi connectivity index (χ2n) is 6.24. The van der Waals surface area contributed by atoms with Crippen LogP contribution in [0.1, 0.15) is 0 Å². The summed E-state index contributed by atoms with van der Waals surface area (Å²) in [7, 11) is 3.10. The predicted octanol–water partition coefficient (Wildman–Crippen LogP) is 3.95. The third-order valence-corrected chi connectivity index (χ3v) is 4.49. The van der Waals surface area contributed by atoms with Gasteiger partial charge in [-0.2, -0.15) is 10.1 Å². The Morgan fingerprint density at radius 1 is 1.00 bits per heavy atom. The maximum Gasteiger partial charge on any atom is 0.411 e. The first-order chi connectivity index (χ1) is 14.1. The second-order valence-corrected chi connectivity index (χ2v) is 6.24. The highest BCUT2D eigenvalue weighted by atomic mass is 16.5. The van der Waals surface area contributed by atoms with Gasteiger partial charge in [0.25, 0.3) is 0 Å². The van der Waals surface area contributed by atoms with Gasteiger partial charge in [0.05, 0.1) is 18.7 Å². The van der Waals surface area contributed by atoms with E-state index in [4.69, 9.17) is 4.74 Å². The highest BCUT2D eigenvalue weighted by Gasteiger charge is 2.17. The Balaban J connectivity index is 1.79. The molecule has 0 atom stereocenters. The molecule has 2 aromatic carbocycles. The largest absolute Gasteiger partial charge is 0.497 e. The maximum absolute atomic E-state index is 11.2. The normalized spacial score (nSPS) is 10.7. The van der Waals surface area contributed by atoms with Crippen molar-refractivity contribution >= 4 is 40.1 Å². The molecular weight excluding hydrogens is 372 g/mol. The topological polar surface area (TPSA) is 107 Å². The summed E-state index contributed by atoms with van der Waals surface area (Å²) in [5.41, 5.74) is 2.78. The molecule has 0 fully saturated rings. The molecule has 0 spiro atoms. The van der Waals surface area contributed by atoms with E-state index in [0.29, 0.717) is 17.3 Å². The first-order valence-electron chi connectivity index (χ1n) is 8.74. The van der Waals surface area contributed by atoms with Crippen LogP contribution in [0, 0.1) is 0 Å². The molecule has 0 aliphatic carbocycles. The zero-order valence-corrected chi connectivity index (χ0v) is 15.8. The van der Waals surface area contributed by atoms with Gasteiger partial charge in [-0.15, -0.1) is 0 Å². The van der Waals surface area contributed by atoms with Gasteiger partial charge in [-0.05, 0) is 48.5 Å². The van der Waals surface area contributed by atoms with Crippen molar-refractivity contribution in [1.82, 2.24) is 20.2 Å². The Morgan fingerprint density at radius 3 is 2.24 bits per heavy atom. The summed E-state index contributed by atoms with van der Waals surface area (Å²) in [6, 6.07) is 14.6. The van der Waals surface area contributed by atoms with Crippen molar-refractivity contribution in [2.75, 3.05) is 24.0 Å². The lowest BCUT2D eigenvalue weighted by Gasteiger charge is -2.24. The van der Waals surface area contributed by atoms with Crippen LogP contribution >= 0.6 is 0 Å². The quantitative estimate of drug-likeness (QED) is 0.531. The van der Waals surface area contributed by atoms with Crippen molar-refractivity contribution in [2.45, 2.75) is 0 Å². The third-order valence-electron chi connectivity index (χ3n) is 4.49. The monoisotopic (exact) mass is 390 g/mol. The zero-order chi connectivity index (χ0) is 20.4. The molecule has 0 radical (unpaired) electrons. The predicted molar refractivity (Wildman–Crippen MR) is 109 cm³/mol. The van der Waals surface area contributed by atoms with Gasteiger partial charge in [0.2, 0.25) is 5.95 Å². The Labute approximate surface area is 166 Å². The number of fused-ring (bicyclic) bond motifs is 1. The van der Waals surface area contributed by atoms with Crippen molar-refractivity contribution < 1.29 is 14.6 Å². The number of hydrogen-bond acceptors (Lipinski definition) is 6. The van der Waals surface area contributed by atoms with Crippen LogP contribution in [0.3, 0.4) is 0 Å². The minimum atomic E-state index is -1.03. The molecule has 0 saturated heterocycles. The van der Waals surface area contributed by atoms with Crippen molar-refractivity contribution in [1.29, 1.82) is 0 Å². The molecule has 146 valence electrons. The molecule has 9 heteroatoms. The third kappa shape index (κ3) is 3.53. The highest BCUT2D eigenvalue weighted by molar-refractivity contribution is 5.86. The van der Waals surface area contributed by atoms with Gasteiger partial charge in [0.15, 0.2) is 5.65 Å². The lowest BCUT2D eigenvalue weighted by atomic mass is 10.2. The van der Waals surface area contributed by atoms with Gasteiger partial charge in [-0.25, -0.2) is 9.78 Å². The van der Waals surface area contributed by atoms with E-state index in [2.05, 4.69) is 20.2 Å². The number of anilines is 4. The summed E-state index contributed by atoms with van der Waals surface area (Å²) in [5, 5.41) is 16.8. The summed E-state index contributed by atoms with van der Waals surface area (Å²) < 4.78 is 5.25. The fourth-order valence-corrected chi connectivity index (χ4v) is 2.88. The van der Waals surface area contributed by atoms with Crippen LogP contribution in [0.5, 0.6) is 5.75 Å². The Hall–Kier alpha value is -4.14. The molecule has 4 rings (SSSR count). The molecular formula is C20H18N6O3. The molecule has 0 saturated carbocycles. The smallest absolute Gasteiger partial charge is 0.411 e. The Morgan fingerprint density at radius 2 is 1.62 bits per heavy atom. The molecule has 29 heavy (non-hydrogen) atoms.